The van der Waals surface area contributed by atoms with E-state index in [9.17, 15) is 0 Å². The maximum Gasteiger partial charge on any atom is 0.213 e. The fourth-order valence-electron chi connectivity index (χ4n) is 4.99. The molecule has 2 unspecified atom stereocenters. The molecule has 2 aliphatic rings. The standard InChI is InChI=1S/C29H19Cl2N3O2/c30-20-10-5-17(6-11-20)25-16-26-22-3-1-2-4-27(22)35-29(34(26)32-25)19-9-14-24-23(15-19)28(36-33-24)18-7-12-21(31)13-8-18/h1-15,26,29H,16H2. The van der Waals surface area contributed by atoms with Gasteiger partial charge in [-0.25, -0.2) is 5.01 Å². The Labute approximate surface area is 217 Å². The largest absolute Gasteiger partial charge is 0.464 e. The molecule has 0 saturated carbocycles. The summed E-state index contributed by atoms with van der Waals surface area (Å²) in [6.07, 6.45) is 0.386. The van der Waals surface area contributed by atoms with Crippen LogP contribution in [0.1, 0.15) is 35.4 Å². The second-order valence-corrected chi connectivity index (χ2v) is 9.83. The third kappa shape index (κ3) is 3.55. The highest BCUT2D eigenvalue weighted by Gasteiger charge is 2.41. The Bertz CT molecular complexity index is 1630. The van der Waals surface area contributed by atoms with Crippen molar-refractivity contribution in [3.05, 3.63) is 118 Å². The van der Waals surface area contributed by atoms with Crippen molar-refractivity contribution < 1.29 is 9.26 Å². The van der Waals surface area contributed by atoms with Crippen LogP contribution in [0.15, 0.2) is 101 Å². The van der Waals surface area contributed by atoms with Crippen LogP contribution in [-0.4, -0.2) is 15.9 Å². The summed E-state index contributed by atoms with van der Waals surface area (Å²) in [5.41, 5.74) is 5.87. The summed E-state index contributed by atoms with van der Waals surface area (Å²) >= 11 is 12.2. The van der Waals surface area contributed by atoms with Crippen LogP contribution in [0.25, 0.3) is 22.2 Å². The van der Waals surface area contributed by atoms with Crippen LogP contribution >= 0.6 is 23.2 Å². The third-order valence-electron chi connectivity index (χ3n) is 6.77. The van der Waals surface area contributed by atoms with Gasteiger partial charge in [0.25, 0.3) is 0 Å². The first kappa shape index (κ1) is 21.5. The number of para-hydroxylation sites is 1. The van der Waals surface area contributed by atoms with Gasteiger partial charge in [0.2, 0.25) is 6.23 Å². The summed E-state index contributed by atoms with van der Waals surface area (Å²) in [5, 5.41) is 13.7. The molecule has 0 spiro atoms. The minimum Gasteiger partial charge on any atom is -0.464 e. The maximum atomic E-state index is 6.55. The molecule has 7 heteroatoms. The summed E-state index contributed by atoms with van der Waals surface area (Å²) in [7, 11) is 0. The zero-order chi connectivity index (χ0) is 24.2. The van der Waals surface area contributed by atoms with Crippen molar-refractivity contribution >= 4 is 39.8 Å². The van der Waals surface area contributed by atoms with Crippen molar-refractivity contribution in [3.63, 3.8) is 0 Å². The fraction of sp³-hybridized carbons (Fsp3) is 0.103. The Morgan fingerprint density at radius 1 is 0.806 bits per heavy atom. The van der Waals surface area contributed by atoms with Crippen LogP contribution in [0.3, 0.4) is 0 Å². The SMILES string of the molecule is Clc1ccc(C2=NN3C(C2)c2ccccc2OC3c2ccc3noc(-c4ccc(Cl)cc4)c3c2)cc1. The Balaban J connectivity index is 1.33. The van der Waals surface area contributed by atoms with Crippen LogP contribution in [0.4, 0.5) is 0 Å². The highest BCUT2D eigenvalue weighted by molar-refractivity contribution is 6.31. The van der Waals surface area contributed by atoms with Crippen LogP contribution in [0.2, 0.25) is 10.0 Å². The summed E-state index contributed by atoms with van der Waals surface area (Å²) in [6, 6.07) is 29.7. The molecule has 0 amide bonds. The molecule has 0 bridgehead atoms. The average Bonchev–Trinajstić information content (AvgIpc) is 3.54. The van der Waals surface area contributed by atoms with Gasteiger partial charge in [0.05, 0.1) is 17.1 Å². The van der Waals surface area contributed by atoms with E-state index in [4.69, 9.17) is 37.6 Å². The van der Waals surface area contributed by atoms with Crippen molar-refractivity contribution in [1.82, 2.24) is 10.2 Å². The molecule has 0 N–H and O–H groups in total. The number of hydrazone groups is 1. The quantitative estimate of drug-likeness (QED) is 0.246. The zero-order valence-electron chi connectivity index (χ0n) is 18.9. The van der Waals surface area contributed by atoms with Crippen LogP contribution in [0, 0.1) is 0 Å². The number of aromatic nitrogens is 1. The van der Waals surface area contributed by atoms with E-state index in [-0.39, 0.29) is 6.04 Å². The molecule has 0 radical (unpaired) electrons. The molecule has 5 aromatic rings. The summed E-state index contributed by atoms with van der Waals surface area (Å²) in [4.78, 5) is 0. The molecule has 7 rings (SSSR count). The lowest BCUT2D eigenvalue weighted by Gasteiger charge is -2.38. The van der Waals surface area contributed by atoms with Crippen LogP contribution < -0.4 is 4.74 Å². The molecule has 2 aliphatic heterocycles. The van der Waals surface area contributed by atoms with E-state index in [0.717, 1.165) is 51.0 Å². The molecule has 36 heavy (non-hydrogen) atoms. The van der Waals surface area contributed by atoms with Gasteiger partial charge in [-0.05, 0) is 60.2 Å². The molecule has 1 aromatic heterocycles. The highest BCUT2D eigenvalue weighted by Crippen LogP contribution is 2.48. The minimum absolute atomic E-state index is 0.0690. The number of ether oxygens (including phenoxy) is 1. The molecular weight excluding hydrogens is 493 g/mol. The molecular formula is C29H19Cl2N3O2. The second-order valence-electron chi connectivity index (χ2n) is 8.96. The molecule has 0 fully saturated rings. The number of nitrogens with zero attached hydrogens (tertiary/aromatic N) is 3. The van der Waals surface area contributed by atoms with Gasteiger partial charge in [-0.1, -0.05) is 64.8 Å². The minimum atomic E-state index is -0.396. The number of rotatable bonds is 3. The van der Waals surface area contributed by atoms with E-state index in [1.165, 1.54) is 0 Å². The van der Waals surface area contributed by atoms with Gasteiger partial charge in [-0.15, -0.1) is 0 Å². The lowest BCUT2D eigenvalue weighted by atomic mass is 9.95. The summed E-state index contributed by atoms with van der Waals surface area (Å²) in [5.74, 6) is 1.57. The fourth-order valence-corrected chi connectivity index (χ4v) is 5.25. The molecule has 4 aromatic carbocycles. The van der Waals surface area contributed by atoms with Crippen molar-refractivity contribution in [2.75, 3.05) is 0 Å². The molecule has 3 heterocycles. The average molecular weight is 512 g/mol. The van der Waals surface area contributed by atoms with Gasteiger partial charge in [-0.2, -0.15) is 5.10 Å². The molecule has 0 saturated heterocycles. The number of benzene rings is 4. The van der Waals surface area contributed by atoms with E-state index in [2.05, 4.69) is 22.3 Å². The molecule has 176 valence electrons. The highest BCUT2D eigenvalue weighted by atomic mass is 35.5. The number of hydrogen-bond acceptors (Lipinski definition) is 5. The van der Waals surface area contributed by atoms with Crippen molar-refractivity contribution in [2.24, 2.45) is 5.10 Å². The maximum absolute atomic E-state index is 6.55. The molecule has 2 atom stereocenters. The smallest absolute Gasteiger partial charge is 0.213 e. The normalized spacial score (nSPS) is 18.5. The lowest BCUT2D eigenvalue weighted by molar-refractivity contribution is -0.0189. The van der Waals surface area contributed by atoms with Crippen molar-refractivity contribution in [1.29, 1.82) is 0 Å². The van der Waals surface area contributed by atoms with E-state index in [1.54, 1.807) is 0 Å². The van der Waals surface area contributed by atoms with Crippen LogP contribution in [0.5, 0.6) is 5.75 Å². The zero-order valence-corrected chi connectivity index (χ0v) is 20.4. The van der Waals surface area contributed by atoms with Crippen molar-refractivity contribution in [2.45, 2.75) is 18.7 Å². The predicted octanol–water partition coefficient (Wildman–Crippen LogP) is 8.04. The number of halogens is 2. The van der Waals surface area contributed by atoms with Gasteiger partial charge in [0, 0.05) is 33.2 Å². The lowest BCUT2D eigenvalue weighted by Crippen LogP contribution is -2.33. The van der Waals surface area contributed by atoms with Crippen molar-refractivity contribution in [3.8, 4) is 17.1 Å². The first-order valence-corrected chi connectivity index (χ1v) is 12.4. The second kappa shape index (κ2) is 8.40. The summed E-state index contributed by atoms with van der Waals surface area (Å²) < 4.78 is 12.3. The topological polar surface area (TPSA) is 50.9 Å². The first-order valence-electron chi connectivity index (χ1n) is 11.7. The van der Waals surface area contributed by atoms with E-state index < -0.39 is 6.23 Å². The Hall–Kier alpha value is -3.80. The Morgan fingerprint density at radius 2 is 1.53 bits per heavy atom. The van der Waals surface area contributed by atoms with Gasteiger partial charge < -0.3 is 9.26 Å². The van der Waals surface area contributed by atoms with Gasteiger partial charge in [0.1, 0.15) is 11.3 Å². The first-order chi connectivity index (χ1) is 17.6. The van der Waals surface area contributed by atoms with E-state index in [1.807, 2.05) is 78.9 Å². The van der Waals surface area contributed by atoms with Gasteiger partial charge in [-0.3, -0.25) is 0 Å². The number of fused-ring (bicyclic) bond motifs is 4. The van der Waals surface area contributed by atoms with Gasteiger partial charge in [0.15, 0.2) is 5.76 Å². The predicted molar refractivity (Wildman–Crippen MR) is 141 cm³/mol. The Kier molecular flexibility index (Phi) is 5.01. The number of hydrogen-bond donors (Lipinski definition) is 0. The van der Waals surface area contributed by atoms with Crippen LogP contribution in [-0.2, 0) is 0 Å². The molecule has 0 aliphatic carbocycles. The third-order valence-corrected chi connectivity index (χ3v) is 7.27. The van der Waals surface area contributed by atoms with E-state index >= 15 is 0 Å². The Morgan fingerprint density at radius 3 is 2.31 bits per heavy atom. The van der Waals surface area contributed by atoms with Gasteiger partial charge >= 0.3 is 0 Å². The monoisotopic (exact) mass is 511 g/mol. The van der Waals surface area contributed by atoms with E-state index in [0.29, 0.717) is 15.8 Å². The molecule has 5 nitrogen and oxygen atoms in total. The summed E-state index contributed by atoms with van der Waals surface area (Å²) in [6.45, 7) is 0.